The Morgan fingerprint density at radius 1 is 0.812 bits per heavy atom. The van der Waals surface area contributed by atoms with Gasteiger partial charge in [-0.15, -0.1) is 0 Å². The van der Waals surface area contributed by atoms with Gasteiger partial charge < -0.3 is 25.0 Å². The molecule has 0 heterocycles. The van der Waals surface area contributed by atoms with Gasteiger partial charge in [-0.3, -0.25) is 9.59 Å². The zero-order valence-electron chi connectivity index (χ0n) is 8.22. The van der Waals surface area contributed by atoms with Crippen LogP contribution in [0.5, 0.6) is 0 Å². The van der Waals surface area contributed by atoms with Crippen LogP contribution in [-0.4, -0.2) is 61.6 Å². The number of hydrogen-bond acceptors (Lipinski definition) is 8. The lowest BCUT2D eigenvalue weighted by molar-refractivity contribution is -0.134. The highest BCUT2D eigenvalue weighted by Gasteiger charge is 1.82. The Morgan fingerprint density at radius 2 is 0.938 bits per heavy atom. The third-order valence-corrected chi connectivity index (χ3v) is 0.912. The lowest BCUT2D eigenvalue weighted by Crippen LogP contribution is -1.92. The highest BCUT2D eigenvalue weighted by molar-refractivity contribution is 7.81. The van der Waals surface area contributed by atoms with Crippen LogP contribution in [-0.2, 0) is 9.59 Å². The molecule has 0 spiro atoms. The smallest absolute Gasteiger partial charge is 0.313 e. The molecule has 0 aromatic carbocycles. The molecule has 0 amide bonds. The molecule has 0 aliphatic rings. The van der Waals surface area contributed by atoms with Gasteiger partial charge in [0.1, 0.15) is 0 Å². The number of carboxylic acid groups (broad SMARTS) is 2. The van der Waals surface area contributed by atoms with Crippen LogP contribution in [0.25, 0.3) is 0 Å². The van der Waals surface area contributed by atoms with E-state index in [0.717, 1.165) is 0 Å². The van der Waals surface area contributed by atoms with Crippen molar-refractivity contribution in [3.8, 4) is 0 Å². The van der Waals surface area contributed by atoms with E-state index >= 15 is 0 Å². The van der Waals surface area contributed by atoms with Crippen molar-refractivity contribution < 1.29 is 34.6 Å². The van der Waals surface area contributed by atoms with Crippen LogP contribution in [0.3, 0.4) is 0 Å². The van der Waals surface area contributed by atoms with Crippen molar-refractivity contribution in [3.63, 3.8) is 0 Å². The van der Waals surface area contributed by atoms with E-state index in [1.54, 1.807) is 0 Å². The van der Waals surface area contributed by atoms with Gasteiger partial charge in [0.25, 0.3) is 0 Å². The summed E-state index contributed by atoms with van der Waals surface area (Å²) in [7, 11) is 0. The number of aliphatic carboxylic acids is 2. The van der Waals surface area contributed by atoms with E-state index in [-0.39, 0.29) is 24.7 Å². The van der Waals surface area contributed by atoms with Crippen molar-refractivity contribution in [1.82, 2.24) is 0 Å². The molecule has 0 atom stereocenters. The molecule has 0 radical (unpaired) electrons. The fourth-order valence-corrected chi connectivity index (χ4v) is 0. The van der Waals surface area contributed by atoms with Gasteiger partial charge in [-0.25, -0.2) is 0 Å². The summed E-state index contributed by atoms with van der Waals surface area (Å²) in [6.45, 7) is -0.250. The SMILES string of the molecule is O=C(O)CS.O=C(O)CS.OCCO.OS. The first-order chi connectivity index (χ1) is 7.45. The topological polar surface area (TPSA) is 135 Å². The third kappa shape index (κ3) is 96.9. The average Bonchev–Trinajstić information content (AvgIpc) is 2.32. The van der Waals surface area contributed by atoms with Gasteiger partial charge in [-0.05, 0) is 12.9 Å². The van der Waals surface area contributed by atoms with Crippen LogP contribution in [0.15, 0.2) is 0 Å². The highest BCUT2D eigenvalue weighted by atomic mass is 32.1. The van der Waals surface area contributed by atoms with Crippen molar-refractivity contribution in [1.29, 1.82) is 0 Å². The largest absolute Gasteiger partial charge is 0.481 e. The third-order valence-electron chi connectivity index (χ3n) is 0.371. The summed E-state index contributed by atoms with van der Waals surface area (Å²) in [5.41, 5.74) is 0. The van der Waals surface area contributed by atoms with Gasteiger partial charge in [-0.2, -0.15) is 25.3 Å². The van der Waals surface area contributed by atoms with Crippen LogP contribution < -0.4 is 0 Å². The second-order valence-corrected chi connectivity index (χ2v) is 2.18. The van der Waals surface area contributed by atoms with E-state index in [1.807, 2.05) is 0 Å². The maximum Gasteiger partial charge on any atom is 0.313 e. The molecule has 0 fully saturated rings. The normalized spacial score (nSPS) is 6.88. The zero-order valence-corrected chi connectivity index (χ0v) is 10.9. The minimum Gasteiger partial charge on any atom is -0.481 e. The molecule has 100 valence electrons. The Hall–Kier alpha value is -0.130. The molecule has 0 aromatic heterocycles. The molecular formula is C6H16O7S3. The summed E-state index contributed by atoms with van der Waals surface area (Å²) in [6.07, 6.45) is 0. The summed E-state index contributed by atoms with van der Waals surface area (Å²) in [6, 6.07) is 0. The maximum atomic E-state index is 9.29. The summed E-state index contributed by atoms with van der Waals surface area (Å²) in [4.78, 5) is 18.6. The summed E-state index contributed by atoms with van der Waals surface area (Å²) < 4.78 is 6.69. The number of aliphatic hydroxyl groups is 2. The maximum absolute atomic E-state index is 9.29. The van der Waals surface area contributed by atoms with Crippen molar-refractivity contribution in [2.75, 3.05) is 24.7 Å². The molecule has 10 heteroatoms. The molecular weight excluding hydrogens is 280 g/mol. The van der Waals surface area contributed by atoms with Crippen molar-refractivity contribution in [2.24, 2.45) is 0 Å². The molecule has 0 saturated carbocycles. The number of rotatable bonds is 3. The van der Waals surface area contributed by atoms with Gasteiger partial charge >= 0.3 is 11.9 Å². The summed E-state index contributed by atoms with van der Waals surface area (Å²) in [5.74, 6) is -1.93. The minimum atomic E-state index is -0.881. The molecule has 0 rings (SSSR count). The lowest BCUT2D eigenvalue weighted by atomic mass is 10.8. The standard InChI is InChI=1S/2C2H4O2S.C2H6O2.H2OS/c2*3-2(4)1-5;3-1-2-4;1-2/h2*5H,1H2,(H,3,4);3-4H,1-2H2;1-2H. The molecule has 0 saturated heterocycles. The number of hydrogen-bond donors (Lipinski definition) is 8. The predicted molar refractivity (Wildman–Crippen MR) is 68.8 cm³/mol. The Labute approximate surface area is 110 Å². The predicted octanol–water partition coefficient (Wildman–Crippen LogP) is -0.638. The number of thiol groups is 3. The lowest BCUT2D eigenvalue weighted by Gasteiger charge is -1.71. The fraction of sp³-hybridized carbons (Fsp3) is 0.667. The molecule has 0 aliphatic heterocycles. The van der Waals surface area contributed by atoms with E-state index < -0.39 is 11.9 Å². The first-order valence-electron chi connectivity index (χ1n) is 3.53. The van der Waals surface area contributed by atoms with Crippen LogP contribution in [0.2, 0.25) is 0 Å². The van der Waals surface area contributed by atoms with Gasteiger partial charge in [0, 0.05) is 0 Å². The Kier molecular flexibility index (Phi) is 45.7. The monoisotopic (exact) mass is 296 g/mol. The Bertz CT molecular complexity index is 128. The van der Waals surface area contributed by atoms with Crippen LogP contribution in [0.1, 0.15) is 0 Å². The van der Waals surface area contributed by atoms with Crippen LogP contribution >= 0.6 is 38.2 Å². The van der Waals surface area contributed by atoms with Crippen molar-refractivity contribution in [2.45, 2.75) is 0 Å². The van der Waals surface area contributed by atoms with Gasteiger partial charge in [-0.1, -0.05) is 0 Å². The van der Waals surface area contributed by atoms with E-state index in [2.05, 4.69) is 38.2 Å². The quantitative estimate of drug-likeness (QED) is 0.256. The first-order valence-corrected chi connectivity index (χ1v) is 5.19. The second kappa shape index (κ2) is 29.4. The highest BCUT2D eigenvalue weighted by Crippen LogP contribution is 1.66. The van der Waals surface area contributed by atoms with E-state index in [0.29, 0.717) is 0 Å². The van der Waals surface area contributed by atoms with E-state index in [4.69, 9.17) is 25.0 Å². The van der Waals surface area contributed by atoms with Crippen molar-refractivity contribution >= 4 is 50.1 Å². The molecule has 0 aliphatic carbocycles. The number of aliphatic hydroxyl groups excluding tert-OH is 2. The van der Waals surface area contributed by atoms with Gasteiger partial charge in [0.15, 0.2) is 0 Å². The number of carbonyl (C=O) groups is 2. The van der Waals surface area contributed by atoms with Gasteiger partial charge in [0.05, 0.1) is 24.7 Å². The van der Waals surface area contributed by atoms with Gasteiger partial charge in [0.2, 0.25) is 0 Å². The molecule has 0 aromatic rings. The molecule has 0 unspecified atom stereocenters. The molecule has 16 heavy (non-hydrogen) atoms. The first kappa shape index (κ1) is 24.9. The van der Waals surface area contributed by atoms with E-state index in [9.17, 15) is 9.59 Å². The van der Waals surface area contributed by atoms with E-state index in [1.165, 1.54) is 0 Å². The second-order valence-electron chi connectivity index (χ2n) is 1.55. The van der Waals surface area contributed by atoms with Crippen molar-refractivity contribution in [3.05, 3.63) is 0 Å². The van der Waals surface area contributed by atoms with Crippen LogP contribution in [0, 0.1) is 0 Å². The Balaban J connectivity index is -0.0000000629. The summed E-state index contributed by atoms with van der Waals surface area (Å²) in [5, 5.41) is 30.5. The molecule has 0 bridgehead atoms. The Morgan fingerprint density at radius 3 is 0.938 bits per heavy atom. The molecule has 7 nitrogen and oxygen atoms in total. The zero-order chi connectivity index (χ0) is 14.0. The summed E-state index contributed by atoms with van der Waals surface area (Å²) >= 11 is 9.36. The average molecular weight is 296 g/mol. The molecule has 5 N–H and O–H groups in total. The minimum absolute atomic E-state index is 0.0833. The fourth-order valence-electron chi connectivity index (χ4n) is 0. The number of carboxylic acids is 2. The van der Waals surface area contributed by atoms with Crippen LogP contribution in [0.4, 0.5) is 0 Å².